The highest BCUT2D eigenvalue weighted by atomic mass is 16.3. The van der Waals surface area contributed by atoms with E-state index >= 15 is 0 Å². The van der Waals surface area contributed by atoms with E-state index in [2.05, 4.69) is 0 Å². The molecule has 4 nitrogen and oxygen atoms in total. The quantitative estimate of drug-likeness (QED) is 0.664. The lowest BCUT2D eigenvalue weighted by Crippen LogP contribution is -2.37. The second-order valence-corrected chi connectivity index (χ2v) is 4.85. The van der Waals surface area contributed by atoms with Crippen LogP contribution in [-0.2, 0) is 4.79 Å². The maximum atomic E-state index is 11.5. The summed E-state index contributed by atoms with van der Waals surface area (Å²) in [6.07, 6.45) is 0.442. The van der Waals surface area contributed by atoms with Crippen LogP contribution in [0.15, 0.2) is 0 Å². The van der Waals surface area contributed by atoms with Crippen molar-refractivity contribution in [1.82, 2.24) is 4.90 Å². The molecule has 1 amide bonds. The summed E-state index contributed by atoms with van der Waals surface area (Å²) in [7, 11) is 0. The van der Waals surface area contributed by atoms with E-state index in [1.807, 2.05) is 13.8 Å². The van der Waals surface area contributed by atoms with E-state index in [1.165, 1.54) is 0 Å². The molecule has 0 aliphatic carbocycles. The van der Waals surface area contributed by atoms with Crippen LogP contribution in [0.4, 0.5) is 0 Å². The lowest BCUT2D eigenvalue weighted by Gasteiger charge is -2.28. The van der Waals surface area contributed by atoms with Crippen LogP contribution >= 0.6 is 0 Å². The van der Waals surface area contributed by atoms with Gasteiger partial charge in [-0.25, -0.2) is 0 Å². The number of hydrogen-bond acceptors (Lipinski definition) is 3. The first-order valence-electron chi connectivity index (χ1n) is 4.98. The molecule has 1 atom stereocenters. The highest BCUT2D eigenvalue weighted by Crippen LogP contribution is 2.23. The lowest BCUT2D eigenvalue weighted by atomic mass is 9.94. The fourth-order valence-electron chi connectivity index (χ4n) is 1.70. The zero-order chi connectivity index (χ0) is 10.8. The number of carbonyl (C=O) groups excluding carboxylic acids is 1. The molecule has 0 aromatic rings. The van der Waals surface area contributed by atoms with E-state index in [4.69, 9.17) is 10.2 Å². The molecular formula is C10H19NO3. The number of carbonyl (C=O) groups is 1. The summed E-state index contributed by atoms with van der Waals surface area (Å²) in [6.45, 7) is 5.18. The second kappa shape index (κ2) is 4.28. The minimum Gasteiger partial charge on any atom is -0.396 e. The van der Waals surface area contributed by atoms with Crippen molar-refractivity contribution in [3.8, 4) is 0 Å². The monoisotopic (exact) mass is 201 g/mol. The third-order valence-corrected chi connectivity index (χ3v) is 2.60. The van der Waals surface area contributed by atoms with Crippen LogP contribution < -0.4 is 0 Å². The van der Waals surface area contributed by atoms with Crippen molar-refractivity contribution >= 4 is 5.91 Å². The summed E-state index contributed by atoms with van der Waals surface area (Å²) in [6, 6.07) is 0. The molecule has 4 heteroatoms. The third-order valence-electron chi connectivity index (χ3n) is 2.60. The average molecular weight is 201 g/mol. The van der Waals surface area contributed by atoms with E-state index < -0.39 is 0 Å². The van der Waals surface area contributed by atoms with Gasteiger partial charge in [0, 0.05) is 44.1 Å². The van der Waals surface area contributed by atoms with Gasteiger partial charge < -0.3 is 15.1 Å². The number of aliphatic hydroxyl groups excluding tert-OH is 2. The minimum atomic E-state index is -0.250. The van der Waals surface area contributed by atoms with Crippen molar-refractivity contribution in [3.05, 3.63) is 0 Å². The Morgan fingerprint density at radius 3 is 2.57 bits per heavy atom. The predicted molar refractivity (Wildman–Crippen MR) is 52.6 cm³/mol. The van der Waals surface area contributed by atoms with Crippen molar-refractivity contribution in [2.45, 2.75) is 20.3 Å². The van der Waals surface area contributed by atoms with Gasteiger partial charge in [0.15, 0.2) is 0 Å². The van der Waals surface area contributed by atoms with Crippen LogP contribution in [0.2, 0.25) is 0 Å². The number of likely N-dealkylation sites (tertiary alicyclic amines) is 1. The Balaban J connectivity index is 2.50. The number of amides is 1. The zero-order valence-electron chi connectivity index (χ0n) is 8.86. The first kappa shape index (κ1) is 11.5. The summed E-state index contributed by atoms with van der Waals surface area (Å²) in [5, 5.41) is 18.0. The molecule has 0 aromatic heterocycles. The van der Waals surface area contributed by atoms with Crippen LogP contribution in [0.1, 0.15) is 20.3 Å². The second-order valence-electron chi connectivity index (χ2n) is 4.85. The van der Waals surface area contributed by atoms with E-state index in [9.17, 15) is 4.79 Å². The van der Waals surface area contributed by atoms with Gasteiger partial charge in [0.1, 0.15) is 0 Å². The number of nitrogens with zero attached hydrogens (tertiary/aromatic N) is 1. The first-order chi connectivity index (χ1) is 6.48. The molecule has 2 N–H and O–H groups in total. The predicted octanol–water partition coefficient (Wildman–Crippen LogP) is -0.154. The molecule has 0 radical (unpaired) electrons. The van der Waals surface area contributed by atoms with Crippen LogP contribution in [-0.4, -0.2) is 47.3 Å². The number of hydrogen-bond donors (Lipinski definition) is 2. The highest BCUT2D eigenvalue weighted by Gasteiger charge is 2.32. The molecule has 0 aromatic carbocycles. The molecule has 1 heterocycles. The highest BCUT2D eigenvalue weighted by molar-refractivity contribution is 5.78. The third kappa shape index (κ3) is 2.69. The topological polar surface area (TPSA) is 60.8 Å². The van der Waals surface area contributed by atoms with Crippen molar-refractivity contribution in [1.29, 1.82) is 0 Å². The number of aliphatic hydroxyl groups is 2. The van der Waals surface area contributed by atoms with Crippen LogP contribution in [0.25, 0.3) is 0 Å². The fraction of sp³-hybridized carbons (Fsp3) is 0.900. The molecule has 1 rings (SSSR count). The van der Waals surface area contributed by atoms with Crippen molar-refractivity contribution in [2.24, 2.45) is 11.3 Å². The van der Waals surface area contributed by atoms with E-state index in [0.29, 0.717) is 19.5 Å². The summed E-state index contributed by atoms with van der Waals surface area (Å²) in [5.74, 6) is 0.169. The molecule has 1 fully saturated rings. The summed E-state index contributed by atoms with van der Waals surface area (Å²) in [4.78, 5) is 13.2. The van der Waals surface area contributed by atoms with Crippen molar-refractivity contribution in [2.75, 3.05) is 26.3 Å². The molecular weight excluding hydrogens is 182 g/mol. The lowest BCUT2D eigenvalue weighted by molar-refractivity contribution is -0.129. The van der Waals surface area contributed by atoms with E-state index in [-0.39, 0.29) is 30.5 Å². The smallest absolute Gasteiger partial charge is 0.223 e. The molecule has 1 aliphatic heterocycles. The van der Waals surface area contributed by atoms with Crippen molar-refractivity contribution in [3.63, 3.8) is 0 Å². The Hall–Kier alpha value is -0.610. The Kier molecular flexibility index (Phi) is 3.50. The minimum absolute atomic E-state index is 0.0700. The molecule has 0 saturated carbocycles. The van der Waals surface area contributed by atoms with Gasteiger partial charge in [0.2, 0.25) is 5.91 Å². The molecule has 1 aliphatic rings. The van der Waals surface area contributed by atoms with Crippen LogP contribution in [0.5, 0.6) is 0 Å². The van der Waals surface area contributed by atoms with Gasteiger partial charge in [-0.1, -0.05) is 13.8 Å². The van der Waals surface area contributed by atoms with Crippen LogP contribution in [0.3, 0.4) is 0 Å². The SMILES string of the molecule is CC(C)(CO)CN1CC(CO)CC1=O. The summed E-state index contributed by atoms with van der Waals surface area (Å²) >= 11 is 0. The Labute approximate surface area is 84.5 Å². The molecule has 0 bridgehead atoms. The molecule has 82 valence electrons. The van der Waals surface area contributed by atoms with Gasteiger partial charge in [-0.2, -0.15) is 0 Å². The molecule has 0 spiro atoms. The van der Waals surface area contributed by atoms with Gasteiger partial charge in [0.05, 0.1) is 0 Å². The fourth-order valence-corrected chi connectivity index (χ4v) is 1.70. The van der Waals surface area contributed by atoms with Crippen LogP contribution in [0, 0.1) is 11.3 Å². The first-order valence-corrected chi connectivity index (χ1v) is 4.98. The van der Waals surface area contributed by atoms with Gasteiger partial charge in [-0.3, -0.25) is 4.79 Å². The average Bonchev–Trinajstić information content (AvgIpc) is 2.47. The normalized spacial score (nSPS) is 23.3. The van der Waals surface area contributed by atoms with Gasteiger partial charge in [-0.15, -0.1) is 0 Å². The number of rotatable bonds is 4. The summed E-state index contributed by atoms with van der Waals surface area (Å²) < 4.78 is 0. The molecule has 1 saturated heterocycles. The Morgan fingerprint density at radius 2 is 2.14 bits per heavy atom. The van der Waals surface area contributed by atoms with Crippen molar-refractivity contribution < 1.29 is 15.0 Å². The van der Waals surface area contributed by atoms with Gasteiger partial charge in [-0.05, 0) is 0 Å². The molecule has 1 unspecified atom stereocenters. The van der Waals surface area contributed by atoms with E-state index in [0.717, 1.165) is 0 Å². The standard InChI is InChI=1S/C10H19NO3/c1-10(2,7-13)6-11-4-8(5-12)3-9(11)14/h8,12-13H,3-7H2,1-2H3. The van der Waals surface area contributed by atoms with Gasteiger partial charge in [0.25, 0.3) is 0 Å². The maximum absolute atomic E-state index is 11.5. The Bertz CT molecular complexity index is 215. The largest absolute Gasteiger partial charge is 0.396 e. The Morgan fingerprint density at radius 1 is 1.50 bits per heavy atom. The maximum Gasteiger partial charge on any atom is 0.223 e. The molecule has 14 heavy (non-hydrogen) atoms. The van der Waals surface area contributed by atoms with E-state index in [1.54, 1.807) is 4.90 Å². The summed E-state index contributed by atoms with van der Waals surface area (Å²) in [5.41, 5.74) is -0.250. The zero-order valence-corrected chi connectivity index (χ0v) is 8.86. The van der Waals surface area contributed by atoms with Gasteiger partial charge >= 0.3 is 0 Å².